The maximum Gasteiger partial charge on any atom is 0.328 e. The monoisotopic (exact) mass is 760 g/mol. The van der Waals surface area contributed by atoms with E-state index in [-0.39, 0.29) is 12.4 Å². The normalized spacial score (nSPS) is 14.0. The molecule has 2 aliphatic heterocycles. The summed E-state index contributed by atoms with van der Waals surface area (Å²) in [6.45, 7) is 5.58. The van der Waals surface area contributed by atoms with Gasteiger partial charge in [-0.15, -0.1) is 12.4 Å². The van der Waals surface area contributed by atoms with E-state index in [1.165, 1.54) is 69.1 Å². The Hall–Kier alpha value is -4.92. The molecular weight excluding hydrogens is 712 g/mol. The maximum absolute atomic E-state index is 9.55. The Bertz CT molecular complexity index is 1870. The average Bonchev–Trinajstić information content (AvgIpc) is 3.19. The molecule has 2 heterocycles. The number of hydrogen-bond acceptors (Lipinski definition) is 5. The van der Waals surface area contributed by atoms with E-state index in [0.29, 0.717) is 24.1 Å². The van der Waals surface area contributed by atoms with E-state index in [1.54, 1.807) is 5.57 Å². The summed E-state index contributed by atoms with van der Waals surface area (Å²) < 4.78 is 0. The third-order valence-electron chi connectivity index (χ3n) is 9.43. The lowest BCUT2D eigenvalue weighted by Crippen LogP contribution is -2.27. The molecule has 0 spiro atoms. The molecule has 0 aromatic heterocycles. The molecule has 1 fully saturated rings. The molecule has 2 aliphatic rings. The quantitative estimate of drug-likeness (QED) is 0.126. The molecule has 54 heavy (non-hydrogen) atoms. The number of piperidine rings is 1. The minimum atomic E-state index is -1.26. The van der Waals surface area contributed by atoms with Crippen molar-refractivity contribution in [1.29, 1.82) is 0 Å². The Kier molecular flexibility index (Phi) is 16.8. The fourth-order valence-corrected chi connectivity index (χ4v) is 7.74. The fourth-order valence-electron chi connectivity index (χ4n) is 6.65. The smallest absolute Gasteiger partial charge is 0.328 e. The first kappa shape index (κ1) is 41.8. The highest BCUT2D eigenvalue weighted by Crippen LogP contribution is 2.47. The number of halogens is 1. The first-order valence-corrected chi connectivity index (χ1v) is 18.9. The second-order valence-electron chi connectivity index (χ2n) is 13.1. The first-order valence-electron chi connectivity index (χ1n) is 18.1. The summed E-state index contributed by atoms with van der Waals surface area (Å²) in [6, 6.07) is 50.4. The number of nitrogens with zero attached hydrogens (tertiary/aromatic N) is 1. The lowest BCUT2D eigenvalue weighted by atomic mass is 9.88. The topological polar surface area (TPSA) is 89.9 Å². The highest BCUT2D eigenvalue weighted by Gasteiger charge is 2.24. The van der Waals surface area contributed by atoms with Gasteiger partial charge in [0.1, 0.15) is 0 Å². The maximum atomic E-state index is 9.55. The van der Waals surface area contributed by atoms with Crippen molar-refractivity contribution >= 4 is 41.7 Å². The number of carboxylic acid groups (broad SMARTS) is 2. The molecule has 8 heteroatoms. The molecule has 3 N–H and O–H groups in total. The van der Waals surface area contributed by atoms with E-state index < -0.39 is 11.9 Å². The van der Waals surface area contributed by atoms with Crippen molar-refractivity contribution in [1.82, 2.24) is 10.2 Å². The van der Waals surface area contributed by atoms with Gasteiger partial charge in [-0.3, -0.25) is 0 Å². The van der Waals surface area contributed by atoms with E-state index in [9.17, 15) is 9.59 Å². The van der Waals surface area contributed by atoms with E-state index in [1.807, 2.05) is 11.8 Å². The van der Waals surface area contributed by atoms with Gasteiger partial charge in [0.15, 0.2) is 0 Å². The Labute approximate surface area is 330 Å². The van der Waals surface area contributed by atoms with Gasteiger partial charge >= 0.3 is 11.9 Å². The lowest BCUT2D eigenvalue weighted by molar-refractivity contribution is -0.134. The highest BCUT2D eigenvalue weighted by atomic mass is 35.5. The molecule has 7 rings (SSSR count). The molecule has 5 aromatic carbocycles. The van der Waals surface area contributed by atoms with Crippen LogP contribution < -0.4 is 5.32 Å². The van der Waals surface area contributed by atoms with Crippen molar-refractivity contribution in [2.24, 2.45) is 0 Å². The zero-order chi connectivity index (χ0) is 37.4. The number of carboxylic acids is 2. The SMILES string of the molecule is CC(NCCC(c1ccccc1)c1ccccc1)c1ccccc1.CN1CCC(=C2c3ccccc3Sc3ccccc32)CC1.Cl.O=C(O)C=CC(=O)O. The molecule has 0 aliphatic carbocycles. The third kappa shape index (κ3) is 12.3. The number of benzene rings is 5. The van der Waals surface area contributed by atoms with Gasteiger partial charge in [0.05, 0.1) is 0 Å². The zero-order valence-corrected chi connectivity index (χ0v) is 32.4. The predicted molar refractivity (Wildman–Crippen MR) is 224 cm³/mol. The van der Waals surface area contributed by atoms with Crippen LogP contribution in [0.3, 0.4) is 0 Å². The molecule has 6 nitrogen and oxygen atoms in total. The van der Waals surface area contributed by atoms with E-state index >= 15 is 0 Å². The van der Waals surface area contributed by atoms with Gasteiger partial charge in [0.2, 0.25) is 0 Å². The fraction of sp³-hybridized carbons (Fsp3) is 0.217. The van der Waals surface area contributed by atoms with Gasteiger partial charge in [-0.25, -0.2) is 9.59 Å². The molecule has 1 atom stereocenters. The lowest BCUT2D eigenvalue weighted by Gasteiger charge is -2.30. The molecule has 0 bridgehead atoms. The van der Waals surface area contributed by atoms with Crippen molar-refractivity contribution in [2.45, 2.75) is 47.9 Å². The van der Waals surface area contributed by atoms with E-state index in [4.69, 9.17) is 10.2 Å². The van der Waals surface area contributed by atoms with Crippen molar-refractivity contribution in [3.05, 3.63) is 185 Å². The first-order chi connectivity index (χ1) is 25.8. The predicted octanol–water partition coefficient (Wildman–Crippen LogP) is 10.4. The zero-order valence-electron chi connectivity index (χ0n) is 30.8. The standard InChI is InChI=1S/C23H25N.C19H19NS.C4H4O4.ClH/c1-19(20-11-5-2-6-12-20)24-18-17-23(21-13-7-3-8-14-21)22-15-9-4-10-16-22;1-20-12-10-14(11-13-20)19-15-6-2-4-8-17(15)21-18-9-5-3-7-16(18)19;5-3(6)1-2-4(7)8;/h2-16,19,23-24H,17-18H2,1H3;2-9H,10-13H2,1H3;1-2H,(H,5,6)(H,7,8);1H. The largest absolute Gasteiger partial charge is 0.478 e. The molecule has 280 valence electrons. The Balaban J connectivity index is 0.000000199. The van der Waals surface area contributed by atoms with Gasteiger partial charge in [-0.1, -0.05) is 145 Å². The minimum absolute atomic E-state index is 0. The number of hydrogen-bond donors (Lipinski definition) is 3. The van der Waals surface area contributed by atoms with E-state index in [2.05, 4.69) is 164 Å². The van der Waals surface area contributed by atoms with Gasteiger partial charge in [-0.05, 0) is 85.3 Å². The molecule has 0 radical (unpaired) electrons. The van der Waals surface area contributed by atoms with Crippen LogP contribution in [0.5, 0.6) is 0 Å². The average molecular weight is 761 g/mol. The molecule has 1 unspecified atom stereocenters. The molecule has 0 amide bonds. The summed E-state index contributed by atoms with van der Waals surface area (Å²) in [5.74, 6) is -2.08. The van der Waals surface area contributed by atoms with Crippen LogP contribution in [0.4, 0.5) is 0 Å². The van der Waals surface area contributed by atoms with Crippen LogP contribution in [0.1, 0.15) is 66.0 Å². The van der Waals surface area contributed by atoms with Gasteiger partial charge in [-0.2, -0.15) is 0 Å². The molecule has 1 saturated heterocycles. The minimum Gasteiger partial charge on any atom is -0.478 e. The Morgan fingerprint density at radius 3 is 1.52 bits per heavy atom. The van der Waals surface area contributed by atoms with Crippen LogP contribution in [0, 0.1) is 0 Å². The number of carbonyl (C=O) groups is 2. The summed E-state index contributed by atoms with van der Waals surface area (Å²) >= 11 is 1.91. The summed E-state index contributed by atoms with van der Waals surface area (Å²) in [7, 11) is 2.22. The van der Waals surface area contributed by atoms with Crippen molar-refractivity contribution in [3.8, 4) is 0 Å². The van der Waals surface area contributed by atoms with Crippen LogP contribution in [-0.4, -0.2) is 53.7 Å². The summed E-state index contributed by atoms with van der Waals surface area (Å²) in [5.41, 5.74) is 10.1. The number of likely N-dealkylation sites (tertiary alicyclic amines) is 1. The third-order valence-corrected chi connectivity index (χ3v) is 10.6. The number of aliphatic carboxylic acids is 2. The number of fused-ring (bicyclic) bond motifs is 2. The molecule has 5 aromatic rings. The second-order valence-corrected chi connectivity index (χ2v) is 14.2. The summed E-state index contributed by atoms with van der Waals surface area (Å²) in [6.07, 6.45) is 4.59. The molecular formula is C46H49ClN2O4S. The Morgan fingerprint density at radius 1 is 0.667 bits per heavy atom. The van der Waals surface area contributed by atoms with Gasteiger partial charge in [0, 0.05) is 47.0 Å². The van der Waals surface area contributed by atoms with Crippen LogP contribution in [0.2, 0.25) is 0 Å². The van der Waals surface area contributed by atoms with Gasteiger partial charge in [0.25, 0.3) is 0 Å². The highest BCUT2D eigenvalue weighted by molar-refractivity contribution is 7.99. The summed E-state index contributed by atoms with van der Waals surface area (Å²) in [4.78, 5) is 24.3. The number of nitrogens with one attached hydrogen (secondary N) is 1. The van der Waals surface area contributed by atoms with Crippen LogP contribution in [0.25, 0.3) is 5.57 Å². The second kappa shape index (κ2) is 21.7. The summed E-state index contributed by atoms with van der Waals surface area (Å²) in [5, 5.41) is 19.3. The molecule has 0 saturated carbocycles. The van der Waals surface area contributed by atoms with E-state index in [0.717, 1.165) is 13.0 Å². The van der Waals surface area contributed by atoms with Crippen LogP contribution >= 0.6 is 24.2 Å². The van der Waals surface area contributed by atoms with Gasteiger partial charge < -0.3 is 20.4 Å². The Morgan fingerprint density at radius 2 is 1.07 bits per heavy atom. The number of rotatable bonds is 9. The van der Waals surface area contributed by atoms with Crippen molar-refractivity contribution in [3.63, 3.8) is 0 Å². The van der Waals surface area contributed by atoms with Crippen molar-refractivity contribution < 1.29 is 19.8 Å². The van der Waals surface area contributed by atoms with Crippen LogP contribution in [-0.2, 0) is 9.59 Å². The van der Waals surface area contributed by atoms with Crippen LogP contribution in [0.15, 0.2) is 167 Å². The van der Waals surface area contributed by atoms with Crippen molar-refractivity contribution in [2.75, 3.05) is 26.7 Å².